The first-order valence-corrected chi connectivity index (χ1v) is 14.7. The highest BCUT2D eigenvalue weighted by atomic mass is 19.1. The highest BCUT2D eigenvalue weighted by Gasteiger charge is 2.24. The van der Waals surface area contributed by atoms with Crippen molar-refractivity contribution in [1.82, 2.24) is 25.3 Å². The van der Waals surface area contributed by atoms with Crippen LogP contribution in [0.5, 0.6) is 0 Å². The molecule has 2 rings (SSSR count). The van der Waals surface area contributed by atoms with Crippen molar-refractivity contribution in [2.45, 2.75) is 53.0 Å². The molecule has 0 aromatic heterocycles. The van der Waals surface area contributed by atoms with Gasteiger partial charge in [0.15, 0.2) is 0 Å². The minimum atomic E-state index is -0.887. The zero-order valence-electron chi connectivity index (χ0n) is 25.9. The molecule has 1 saturated heterocycles. The van der Waals surface area contributed by atoms with Gasteiger partial charge in [0.2, 0.25) is 0 Å². The summed E-state index contributed by atoms with van der Waals surface area (Å²) >= 11 is 0. The molecule has 0 radical (unpaired) electrons. The molecular weight excluding hydrogens is 524 g/mol. The van der Waals surface area contributed by atoms with Crippen LogP contribution in [-0.2, 0) is 0 Å². The minimum Gasteiger partial charge on any atom is -0.328 e. The number of urea groups is 1. The summed E-state index contributed by atoms with van der Waals surface area (Å²) in [6.45, 7) is 15.5. The third-order valence-corrected chi connectivity index (χ3v) is 6.30. The monoisotopic (exact) mass is 575 g/mol. The average molecular weight is 576 g/mol. The molecule has 2 N–H and O–H groups in total. The maximum atomic E-state index is 13.6. The predicted octanol–water partition coefficient (Wildman–Crippen LogP) is 5.26. The molecule has 1 fully saturated rings. The van der Waals surface area contributed by atoms with E-state index in [0.717, 1.165) is 49.3 Å². The molecule has 2 aliphatic heterocycles. The van der Waals surface area contributed by atoms with Crippen LogP contribution in [0.15, 0.2) is 70.1 Å². The molecule has 10 heteroatoms. The predicted molar refractivity (Wildman–Crippen MR) is 169 cm³/mol. The SMILES string of the molecule is C=C/C=C\C=C1/CC(C)N=C(CN2CCN(C(=O)N/C(=C/C(F)=C\CF)CC)CC2)NC1=NCCCN(C)C.CC. The minimum absolute atomic E-state index is 0.100. The smallest absolute Gasteiger partial charge is 0.321 e. The van der Waals surface area contributed by atoms with Crippen LogP contribution >= 0.6 is 0 Å². The van der Waals surface area contributed by atoms with Gasteiger partial charge in [-0.3, -0.25) is 14.9 Å². The number of allylic oxidation sites excluding steroid dienone is 8. The van der Waals surface area contributed by atoms with Gasteiger partial charge >= 0.3 is 6.03 Å². The molecule has 1 unspecified atom stereocenters. The number of carbonyl (C=O) groups is 1. The van der Waals surface area contributed by atoms with Crippen LogP contribution in [0.25, 0.3) is 0 Å². The van der Waals surface area contributed by atoms with Gasteiger partial charge in [-0.05, 0) is 64.6 Å². The molecule has 0 bridgehead atoms. The zero-order valence-corrected chi connectivity index (χ0v) is 25.9. The van der Waals surface area contributed by atoms with E-state index < -0.39 is 12.5 Å². The fourth-order valence-corrected chi connectivity index (χ4v) is 4.24. The Balaban J connectivity index is 0.00000411. The molecule has 0 spiro atoms. The largest absolute Gasteiger partial charge is 0.328 e. The van der Waals surface area contributed by atoms with Crippen molar-refractivity contribution in [3.63, 3.8) is 0 Å². The van der Waals surface area contributed by atoms with Gasteiger partial charge in [-0.2, -0.15) is 0 Å². The highest BCUT2D eigenvalue weighted by molar-refractivity contribution is 6.10. The molecule has 8 nitrogen and oxygen atoms in total. The van der Waals surface area contributed by atoms with Crippen molar-refractivity contribution in [3.05, 3.63) is 60.1 Å². The van der Waals surface area contributed by atoms with Gasteiger partial charge in [0.25, 0.3) is 0 Å². The molecule has 0 aromatic rings. The summed E-state index contributed by atoms with van der Waals surface area (Å²) in [5.41, 5.74) is 1.53. The van der Waals surface area contributed by atoms with E-state index in [1.54, 1.807) is 11.0 Å². The molecule has 2 amide bonds. The molecule has 0 aromatic carbocycles. The summed E-state index contributed by atoms with van der Waals surface area (Å²) in [6.07, 6.45) is 11.9. The Morgan fingerprint density at radius 2 is 1.95 bits per heavy atom. The number of alkyl halides is 1. The Hall–Kier alpha value is -3.11. The molecule has 1 atom stereocenters. The number of hydrogen-bond acceptors (Lipinski definition) is 5. The van der Waals surface area contributed by atoms with Gasteiger partial charge in [0.1, 0.15) is 24.2 Å². The number of nitrogens with zero attached hydrogens (tertiary/aromatic N) is 5. The van der Waals surface area contributed by atoms with Crippen molar-refractivity contribution < 1.29 is 13.6 Å². The quantitative estimate of drug-likeness (QED) is 0.246. The lowest BCUT2D eigenvalue weighted by Gasteiger charge is -2.35. The summed E-state index contributed by atoms with van der Waals surface area (Å²) in [5.74, 6) is 1.03. The van der Waals surface area contributed by atoms with E-state index in [1.807, 2.05) is 32.9 Å². The van der Waals surface area contributed by atoms with Crippen LogP contribution in [0.1, 0.15) is 47.0 Å². The fourth-order valence-electron chi connectivity index (χ4n) is 4.24. The van der Waals surface area contributed by atoms with Crippen LogP contribution in [0.3, 0.4) is 0 Å². The lowest BCUT2D eigenvalue weighted by Crippen LogP contribution is -2.53. The molecule has 2 aliphatic rings. The maximum absolute atomic E-state index is 13.6. The number of halogens is 2. The lowest BCUT2D eigenvalue weighted by molar-refractivity contribution is 0.150. The zero-order chi connectivity index (χ0) is 30.6. The summed E-state index contributed by atoms with van der Waals surface area (Å²) in [5, 5.41) is 6.26. The van der Waals surface area contributed by atoms with E-state index in [2.05, 4.69) is 54.1 Å². The Bertz CT molecular complexity index is 990. The number of amidine groups is 2. The summed E-state index contributed by atoms with van der Waals surface area (Å²) in [4.78, 5) is 28.7. The molecule has 41 heavy (non-hydrogen) atoms. The van der Waals surface area contributed by atoms with Crippen molar-refractivity contribution in [2.75, 3.05) is 66.6 Å². The second-order valence-electron chi connectivity index (χ2n) is 9.91. The highest BCUT2D eigenvalue weighted by Crippen LogP contribution is 2.15. The number of nitrogens with one attached hydrogen (secondary N) is 2. The van der Waals surface area contributed by atoms with Crippen molar-refractivity contribution in [2.24, 2.45) is 9.98 Å². The second-order valence-corrected chi connectivity index (χ2v) is 9.91. The number of rotatable bonds is 12. The summed E-state index contributed by atoms with van der Waals surface area (Å²) in [7, 11) is 4.12. The third-order valence-electron chi connectivity index (χ3n) is 6.30. The fraction of sp³-hybridized carbons (Fsp3) is 0.581. The lowest BCUT2D eigenvalue weighted by atomic mass is 10.1. The van der Waals surface area contributed by atoms with Crippen LogP contribution < -0.4 is 10.6 Å². The van der Waals surface area contributed by atoms with Crippen LogP contribution in [0.2, 0.25) is 0 Å². The maximum Gasteiger partial charge on any atom is 0.321 e. The first-order chi connectivity index (χ1) is 19.7. The second kappa shape index (κ2) is 20.7. The Labute approximate surface area is 246 Å². The topological polar surface area (TPSA) is 75.6 Å². The summed E-state index contributed by atoms with van der Waals surface area (Å²) in [6, 6.07) is -0.174. The molecular formula is C31H51F2N7O. The van der Waals surface area contributed by atoms with Crippen LogP contribution in [0, 0.1) is 0 Å². The van der Waals surface area contributed by atoms with E-state index in [4.69, 9.17) is 9.98 Å². The normalized spacial score (nSPS) is 21.0. The standard InChI is InChI=1S/C29H45F2N7O.C2H6/c1-6-8-9-11-24-20-23(3)33-27(35-28(24)32-14-10-15-36(4)5)22-37-16-18-38(19-17-37)29(39)34-26(7-2)21-25(31)12-13-30;1-2/h6,8-9,11-12,21,23H,1,7,10,13-20,22H2,2-5H3,(H,34,39)(H,32,33,35);1-2H3/b9-8-,24-11+,25-12+,26-21+;. The van der Waals surface area contributed by atoms with Gasteiger partial charge < -0.3 is 20.4 Å². The number of carbonyl (C=O) groups excluding carboxylic acids is 1. The number of hydrogen-bond donors (Lipinski definition) is 2. The van der Waals surface area contributed by atoms with E-state index in [-0.39, 0.29) is 12.1 Å². The van der Waals surface area contributed by atoms with Gasteiger partial charge in [0, 0.05) is 38.4 Å². The Kier molecular flexibility index (Phi) is 18.1. The Morgan fingerprint density at radius 3 is 2.56 bits per heavy atom. The van der Waals surface area contributed by atoms with Gasteiger partial charge in [-0.1, -0.05) is 51.7 Å². The van der Waals surface area contributed by atoms with Crippen molar-refractivity contribution in [1.29, 1.82) is 0 Å². The van der Waals surface area contributed by atoms with E-state index in [1.165, 1.54) is 6.08 Å². The van der Waals surface area contributed by atoms with Crippen LogP contribution in [-0.4, -0.2) is 105 Å². The summed E-state index contributed by atoms with van der Waals surface area (Å²) < 4.78 is 26.0. The third kappa shape index (κ3) is 14.4. The average Bonchev–Trinajstić information content (AvgIpc) is 3.09. The molecule has 0 saturated carbocycles. The first kappa shape index (κ1) is 35.9. The van der Waals surface area contributed by atoms with E-state index in [0.29, 0.717) is 44.8 Å². The van der Waals surface area contributed by atoms with Gasteiger partial charge in [0.05, 0.1) is 12.6 Å². The van der Waals surface area contributed by atoms with Gasteiger partial charge in [-0.25, -0.2) is 13.6 Å². The molecule has 0 aliphatic carbocycles. The van der Waals surface area contributed by atoms with E-state index in [9.17, 15) is 13.6 Å². The van der Waals surface area contributed by atoms with Crippen LogP contribution in [0.4, 0.5) is 13.6 Å². The number of piperazine rings is 1. The Morgan fingerprint density at radius 1 is 1.24 bits per heavy atom. The van der Waals surface area contributed by atoms with Crippen molar-refractivity contribution in [3.8, 4) is 0 Å². The van der Waals surface area contributed by atoms with Crippen molar-refractivity contribution >= 4 is 17.7 Å². The molecule has 230 valence electrons. The van der Waals surface area contributed by atoms with E-state index >= 15 is 0 Å². The number of aliphatic imine (C=N–C) groups is 2. The first-order valence-electron chi connectivity index (χ1n) is 14.7. The number of amides is 2. The molecule has 2 heterocycles. The van der Waals surface area contributed by atoms with Gasteiger partial charge in [-0.15, -0.1) is 0 Å².